The van der Waals surface area contributed by atoms with Crippen LogP contribution < -0.4 is 5.32 Å². The second-order valence-electron chi connectivity index (χ2n) is 4.44. The summed E-state index contributed by atoms with van der Waals surface area (Å²) in [6.45, 7) is 0.627. The summed E-state index contributed by atoms with van der Waals surface area (Å²) in [6.07, 6.45) is 7.10. The number of nitrogens with one attached hydrogen (secondary N) is 1. The van der Waals surface area contributed by atoms with Crippen LogP contribution in [0.5, 0.6) is 0 Å². The van der Waals surface area contributed by atoms with Crippen LogP contribution in [0.15, 0.2) is 54.3 Å². The number of aliphatic hydroxyl groups excluding tert-OH is 1. The lowest BCUT2D eigenvalue weighted by molar-refractivity contribution is 0.0947. The van der Waals surface area contributed by atoms with E-state index in [4.69, 9.17) is 0 Å². The van der Waals surface area contributed by atoms with Gasteiger partial charge in [-0.1, -0.05) is 24.3 Å². The van der Waals surface area contributed by atoms with Crippen LogP contribution in [0.2, 0.25) is 0 Å². The summed E-state index contributed by atoms with van der Waals surface area (Å²) in [6, 6.07) is 9.19. The second kappa shape index (κ2) is 6.05. The summed E-state index contributed by atoms with van der Waals surface area (Å²) in [5.41, 5.74) is 0.681. The van der Waals surface area contributed by atoms with E-state index < -0.39 is 0 Å². The molecule has 1 aromatic rings. The molecule has 3 heteroatoms. The van der Waals surface area contributed by atoms with Gasteiger partial charge in [-0.3, -0.25) is 4.79 Å². The first-order valence-electron chi connectivity index (χ1n) is 6.14. The zero-order chi connectivity index (χ0) is 12.8. The van der Waals surface area contributed by atoms with Crippen molar-refractivity contribution < 1.29 is 9.90 Å². The molecule has 0 saturated heterocycles. The molecule has 0 aliphatic heterocycles. The first-order valence-corrected chi connectivity index (χ1v) is 6.14. The maximum absolute atomic E-state index is 11.8. The Balaban J connectivity index is 1.85. The van der Waals surface area contributed by atoms with E-state index >= 15 is 0 Å². The fraction of sp³-hybridized carbons (Fsp3) is 0.267. The van der Waals surface area contributed by atoms with Crippen molar-refractivity contribution in [2.75, 3.05) is 6.54 Å². The Morgan fingerprint density at radius 2 is 2.06 bits per heavy atom. The van der Waals surface area contributed by atoms with Crippen LogP contribution in [0.3, 0.4) is 0 Å². The Hall–Kier alpha value is -2.03. The van der Waals surface area contributed by atoms with Crippen molar-refractivity contribution in [2.24, 2.45) is 5.92 Å². The SMILES string of the molecule is O=C(NC[C@@H]1CC=CC(O)=CC1)c1ccccc1. The topological polar surface area (TPSA) is 49.3 Å². The van der Waals surface area contributed by atoms with Crippen molar-refractivity contribution in [1.29, 1.82) is 0 Å². The molecule has 0 spiro atoms. The summed E-state index contributed by atoms with van der Waals surface area (Å²) in [5, 5.41) is 12.3. The van der Waals surface area contributed by atoms with Crippen molar-refractivity contribution in [3.8, 4) is 0 Å². The largest absolute Gasteiger partial charge is 0.508 e. The lowest BCUT2D eigenvalue weighted by atomic mass is 10.0. The van der Waals surface area contributed by atoms with Crippen molar-refractivity contribution >= 4 is 5.91 Å². The first-order chi connectivity index (χ1) is 8.75. The third kappa shape index (κ3) is 3.48. The standard InChI is InChI=1S/C15H17NO2/c17-14-8-4-5-12(9-10-14)11-16-15(18)13-6-2-1-3-7-13/h1-4,6-8,10,12,17H,5,9,11H2,(H,16,18)/t12-/m1/s1. The lowest BCUT2D eigenvalue weighted by Gasteiger charge is -2.13. The van der Waals surface area contributed by atoms with Crippen LogP contribution in [-0.2, 0) is 0 Å². The van der Waals surface area contributed by atoms with Crippen LogP contribution in [0.1, 0.15) is 23.2 Å². The monoisotopic (exact) mass is 243 g/mol. The molecule has 0 bridgehead atoms. The predicted molar refractivity (Wildman–Crippen MR) is 71.4 cm³/mol. The molecule has 0 heterocycles. The van der Waals surface area contributed by atoms with Gasteiger partial charge in [-0.15, -0.1) is 0 Å². The third-order valence-electron chi connectivity index (χ3n) is 3.01. The average Bonchev–Trinajstić information content (AvgIpc) is 2.62. The van der Waals surface area contributed by atoms with Gasteiger partial charge in [0.25, 0.3) is 5.91 Å². The highest BCUT2D eigenvalue weighted by Crippen LogP contribution is 2.15. The van der Waals surface area contributed by atoms with Gasteiger partial charge in [-0.25, -0.2) is 0 Å². The van der Waals surface area contributed by atoms with Gasteiger partial charge >= 0.3 is 0 Å². The van der Waals surface area contributed by atoms with Gasteiger partial charge in [0.05, 0.1) is 0 Å². The Labute approximate surface area is 107 Å². The molecule has 18 heavy (non-hydrogen) atoms. The maximum atomic E-state index is 11.8. The molecule has 94 valence electrons. The van der Waals surface area contributed by atoms with Gasteiger partial charge in [0.15, 0.2) is 0 Å². The lowest BCUT2D eigenvalue weighted by Crippen LogP contribution is -2.28. The molecule has 1 aliphatic carbocycles. The number of allylic oxidation sites excluding steroid dienone is 3. The number of carbonyl (C=O) groups excluding carboxylic acids is 1. The molecule has 1 aromatic carbocycles. The van der Waals surface area contributed by atoms with Gasteiger partial charge in [0, 0.05) is 12.1 Å². The van der Waals surface area contributed by atoms with Gasteiger partial charge in [-0.05, 0) is 43.0 Å². The third-order valence-corrected chi connectivity index (χ3v) is 3.01. The number of carbonyl (C=O) groups is 1. The van der Waals surface area contributed by atoms with E-state index in [0.29, 0.717) is 23.8 Å². The Morgan fingerprint density at radius 1 is 1.28 bits per heavy atom. The molecule has 1 atom stereocenters. The van der Waals surface area contributed by atoms with Crippen molar-refractivity contribution in [2.45, 2.75) is 12.8 Å². The molecule has 0 saturated carbocycles. The summed E-state index contributed by atoms with van der Waals surface area (Å²) in [4.78, 5) is 11.8. The maximum Gasteiger partial charge on any atom is 0.251 e. The fourth-order valence-electron chi connectivity index (χ4n) is 1.93. The minimum atomic E-state index is -0.0444. The van der Waals surface area contributed by atoms with Crippen LogP contribution >= 0.6 is 0 Å². The zero-order valence-corrected chi connectivity index (χ0v) is 10.2. The first kappa shape index (κ1) is 12.4. The number of hydrogen-bond acceptors (Lipinski definition) is 2. The van der Waals surface area contributed by atoms with Crippen LogP contribution in [0, 0.1) is 5.92 Å². The highest BCUT2D eigenvalue weighted by Gasteiger charge is 2.11. The summed E-state index contributed by atoms with van der Waals surface area (Å²) < 4.78 is 0. The fourth-order valence-corrected chi connectivity index (χ4v) is 1.93. The normalized spacial score (nSPS) is 18.9. The van der Waals surface area contributed by atoms with Gasteiger partial charge in [0.2, 0.25) is 0 Å². The highest BCUT2D eigenvalue weighted by atomic mass is 16.3. The van der Waals surface area contributed by atoms with Crippen molar-refractivity contribution in [3.63, 3.8) is 0 Å². The van der Waals surface area contributed by atoms with Gasteiger partial charge in [0.1, 0.15) is 5.76 Å². The minimum Gasteiger partial charge on any atom is -0.508 e. The molecular weight excluding hydrogens is 226 g/mol. The quantitative estimate of drug-likeness (QED) is 0.857. The van der Waals surface area contributed by atoms with E-state index in [1.807, 2.05) is 24.3 Å². The van der Waals surface area contributed by atoms with Crippen LogP contribution in [0.25, 0.3) is 0 Å². The van der Waals surface area contributed by atoms with E-state index in [0.717, 1.165) is 12.8 Å². The summed E-state index contributed by atoms with van der Waals surface area (Å²) in [5.74, 6) is 0.613. The van der Waals surface area contributed by atoms with E-state index in [-0.39, 0.29) is 5.91 Å². The average molecular weight is 243 g/mol. The smallest absolute Gasteiger partial charge is 0.251 e. The predicted octanol–water partition coefficient (Wildman–Crippen LogP) is 2.82. The van der Waals surface area contributed by atoms with Crippen molar-refractivity contribution in [3.05, 3.63) is 59.9 Å². The molecule has 2 N–H and O–H groups in total. The van der Waals surface area contributed by atoms with Crippen molar-refractivity contribution in [1.82, 2.24) is 5.32 Å². The number of hydrogen-bond donors (Lipinski definition) is 2. The van der Waals surface area contributed by atoms with Gasteiger partial charge in [-0.2, -0.15) is 0 Å². The molecule has 3 nitrogen and oxygen atoms in total. The number of benzene rings is 1. The molecule has 2 rings (SSSR count). The van der Waals surface area contributed by atoms with Crippen LogP contribution in [-0.4, -0.2) is 17.6 Å². The molecule has 0 unspecified atom stereocenters. The zero-order valence-electron chi connectivity index (χ0n) is 10.2. The summed E-state index contributed by atoms with van der Waals surface area (Å²) >= 11 is 0. The van der Waals surface area contributed by atoms with Gasteiger partial charge < -0.3 is 10.4 Å². The van der Waals surface area contributed by atoms with E-state index in [2.05, 4.69) is 5.32 Å². The summed E-state index contributed by atoms with van der Waals surface area (Å²) in [7, 11) is 0. The Kier molecular flexibility index (Phi) is 4.18. The molecule has 1 amide bonds. The molecule has 0 aromatic heterocycles. The van der Waals surface area contributed by atoms with E-state index in [1.165, 1.54) is 0 Å². The molecule has 0 fully saturated rings. The highest BCUT2D eigenvalue weighted by molar-refractivity contribution is 5.94. The molecule has 1 aliphatic rings. The molecule has 0 radical (unpaired) electrons. The second-order valence-corrected chi connectivity index (χ2v) is 4.44. The van der Waals surface area contributed by atoms with E-state index in [1.54, 1.807) is 24.3 Å². The Morgan fingerprint density at radius 3 is 2.83 bits per heavy atom. The number of aliphatic hydroxyl groups is 1. The number of amides is 1. The van der Waals surface area contributed by atoms with E-state index in [9.17, 15) is 9.90 Å². The van der Waals surface area contributed by atoms with Crippen LogP contribution in [0.4, 0.5) is 0 Å². The Bertz CT molecular complexity index is 463. The molecular formula is C15H17NO2. The minimum absolute atomic E-state index is 0.0444. The number of rotatable bonds is 3.